The molecule has 0 unspecified atom stereocenters. The zero-order valence-corrected chi connectivity index (χ0v) is 9.80. The van der Waals surface area contributed by atoms with Gasteiger partial charge in [0, 0.05) is 0 Å². The van der Waals surface area contributed by atoms with Crippen LogP contribution in [0.25, 0.3) is 10.6 Å². The van der Waals surface area contributed by atoms with E-state index in [0.29, 0.717) is 10.6 Å². The minimum absolute atomic E-state index is 0.0798. The normalized spacial score (nSPS) is 10.6. The standard InChI is InChI=1S/C11H11NO3S/c1-3-8-12-9(11(13)14)10(16-8)7-5-4-6(2)15-7/h4-5H,3H2,1-2H3,(H,13,14). The molecule has 0 aromatic carbocycles. The van der Waals surface area contributed by atoms with Gasteiger partial charge in [-0.3, -0.25) is 0 Å². The van der Waals surface area contributed by atoms with Crippen LogP contribution in [-0.4, -0.2) is 16.1 Å². The van der Waals surface area contributed by atoms with E-state index in [1.165, 1.54) is 11.3 Å². The third-order valence-electron chi connectivity index (χ3n) is 2.14. The molecule has 0 aliphatic rings. The van der Waals surface area contributed by atoms with Crippen LogP contribution in [-0.2, 0) is 6.42 Å². The molecule has 0 saturated heterocycles. The lowest BCUT2D eigenvalue weighted by molar-refractivity contribution is 0.0691. The van der Waals surface area contributed by atoms with E-state index in [2.05, 4.69) is 4.98 Å². The van der Waals surface area contributed by atoms with Gasteiger partial charge in [-0.25, -0.2) is 9.78 Å². The van der Waals surface area contributed by atoms with Crippen molar-refractivity contribution in [3.8, 4) is 10.6 Å². The Morgan fingerprint density at radius 1 is 1.56 bits per heavy atom. The summed E-state index contributed by atoms with van der Waals surface area (Å²) in [6.07, 6.45) is 0.727. The largest absolute Gasteiger partial charge is 0.476 e. The molecule has 0 bridgehead atoms. The Morgan fingerprint density at radius 3 is 2.81 bits per heavy atom. The fourth-order valence-corrected chi connectivity index (χ4v) is 2.34. The van der Waals surface area contributed by atoms with Crippen LogP contribution in [0.2, 0.25) is 0 Å². The molecule has 2 aromatic rings. The molecule has 0 saturated carbocycles. The van der Waals surface area contributed by atoms with Crippen LogP contribution in [0, 0.1) is 6.92 Å². The van der Waals surface area contributed by atoms with Gasteiger partial charge >= 0.3 is 5.97 Å². The molecule has 5 heteroatoms. The van der Waals surface area contributed by atoms with Gasteiger partial charge in [0.15, 0.2) is 5.69 Å². The highest BCUT2D eigenvalue weighted by Crippen LogP contribution is 2.31. The Labute approximate surface area is 96.6 Å². The van der Waals surface area contributed by atoms with Crippen molar-refractivity contribution in [2.24, 2.45) is 0 Å². The Bertz CT molecular complexity index is 527. The maximum Gasteiger partial charge on any atom is 0.356 e. The molecule has 2 aromatic heterocycles. The first-order valence-electron chi connectivity index (χ1n) is 4.91. The van der Waals surface area contributed by atoms with E-state index >= 15 is 0 Å². The van der Waals surface area contributed by atoms with Crippen LogP contribution in [0.15, 0.2) is 16.5 Å². The summed E-state index contributed by atoms with van der Waals surface area (Å²) in [6, 6.07) is 3.58. The molecule has 0 amide bonds. The van der Waals surface area contributed by atoms with Gasteiger partial charge in [0.1, 0.15) is 16.4 Å². The highest BCUT2D eigenvalue weighted by Gasteiger charge is 2.20. The fraction of sp³-hybridized carbons (Fsp3) is 0.273. The Balaban J connectivity index is 2.54. The van der Waals surface area contributed by atoms with E-state index in [1.807, 2.05) is 19.9 Å². The Kier molecular flexibility index (Phi) is 2.78. The predicted octanol–water partition coefficient (Wildman–Crippen LogP) is 2.97. The number of furan rings is 1. The smallest absolute Gasteiger partial charge is 0.356 e. The molecule has 16 heavy (non-hydrogen) atoms. The maximum atomic E-state index is 11.0. The Hall–Kier alpha value is -1.62. The lowest BCUT2D eigenvalue weighted by Crippen LogP contribution is -1.98. The van der Waals surface area contributed by atoms with Gasteiger partial charge in [-0.15, -0.1) is 11.3 Å². The van der Waals surface area contributed by atoms with Gasteiger partial charge in [0.2, 0.25) is 0 Å². The SMILES string of the molecule is CCc1nc(C(=O)O)c(-c2ccc(C)o2)s1. The van der Waals surface area contributed by atoms with Gasteiger partial charge < -0.3 is 9.52 Å². The van der Waals surface area contributed by atoms with Crippen LogP contribution in [0.4, 0.5) is 0 Å². The second-order valence-corrected chi connectivity index (χ2v) is 4.44. The van der Waals surface area contributed by atoms with Crippen molar-refractivity contribution < 1.29 is 14.3 Å². The molecular formula is C11H11NO3S. The summed E-state index contributed by atoms with van der Waals surface area (Å²) < 4.78 is 5.43. The minimum Gasteiger partial charge on any atom is -0.476 e. The molecule has 1 N–H and O–H groups in total. The first kappa shape index (κ1) is 10.9. The van der Waals surface area contributed by atoms with E-state index < -0.39 is 5.97 Å². The number of aromatic nitrogens is 1. The van der Waals surface area contributed by atoms with E-state index in [9.17, 15) is 4.79 Å². The van der Waals surface area contributed by atoms with E-state index in [-0.39, 0.29) is 5.69 Å². The van der Waals surface area contributed by atoms with E-state index in [4.69, 9.17) is 9.52 Å². The maximum absolute atomic E-state index is 11.0. The van der Waals surface area contributed by atoms with E-state index in [1.54, 1.807) is 6.07 Å². The minimum atomic E-state index is -1.01. The highest BCUT2D eigenvalue weighted by atomic mass is 32.1. The molecule has 0 aliphatic heterocycles. The van der Waals surface area contributed by atoms with Gasteiger partial charge in [0.25, 0.3) is 0 Å². The van der Waals surface area contributed by atoms with Crippen LogP contribution >= 0.6 is 11.3 Å². The summed E-state index contributed by atoms with van der Waals surface area (Å²) >= 11 is 1.37. The number of hydrogen-bond acceptors (Lipinski definition) is 4. The van der Waals surface area contributed by atoms with Crippen molar-refractivity contribution in [1.82, 2.24) is 4.98 Å². The third kappa shape index (κ3) is 1.86. The number of hydrogen-bond donors (Lipinski definition) is 1. The number of carboxylic acids is 1. The molecule has 2 heterocycles. The van der Waals surface area contributed by atoms with Crippen LogP contribution in [0.3, 0.4) is 0 Å². The second kappa shape index (κ2) is 4.09. The molecular weight excluding hydrogens is 226 g/mol. The van der Waals surface area contributed by atoms with Gasteiger partial charge in [-0.05, 0) is 25.5 Å². The molecule has 0 radical (unpaired) electrons. The van der Waals surface area contributed by atoms with Crippen molar-refractivity contribution in [2.75, 3.05) is 0 Å². The lowest BCUT2D eigenvalue weighted by atomic mass is 10.3. The number of carboxylic acid groups (broad SMARTS) is 1. The number of nitrogens with zero attached hydrogens (tertiary/aromatic N) is 1. The fourth-order valence-electron chi connectivity index (χ4n) is 1.38. The highest BCUT2D eigenvalue weighted by molar-refractivity contribution is 7.15. The zero-order chi connectivity index (χ0) is 11.7. The van der Waals surface area contributed by atoms with Crippen LogP contribution in [0.5, 0.6) is 0 Å². The van der Waals surface area contributed by atoms with Crippen molar-refractivity contribution >= 4 is 17.3 Å². The summed E-state index contributed by atoms with van der Waals surface area (Å²) in [4.78, 5) is 15.7. The van der Waals surface area contributed by atoms with Gasteiger partial charge in [0.05, 0.1) is 5.01 Å². The zero-order valence-electron chi connectivity index (χ0n) is 8.98. The topological polar surface area (TPSA) is 63.3 Å². The molecule has 0 aliphatic carbocycles. The molecule has 0 spiro atoms. The quantitative estimate of drug-likeness (QED) is 0.891. The third-order valence-corrected chi connectivity index (χ3v) is 3.35. The summed E-state index contributed by atoms with van der Waals surface area (Å²) in [5.41, 5.74) is 0.0798. The Morgan fingerprint density at radius 2 is 2.31 bits per heavy atom. The summed E-state index contributed by atoms with van der Waals surface area (Å²) in [6.45, 7) is 3.77. The number of rotatable bonds is 3. The average Bonchev–Trinajstić information content (AvgIpc) is 2.82. The molecule has 2 rings (SSSR count). The average molecular weight is 237 g/mol. The van der Waals surface area contributed by atoms with Crippen molar-refractivity contribution in [1.29, 1.82) is 0 Å². The predicted molar refractivity (Wildman–Crippen MR) is 60.9 cm³/mol. The summed E-state index contributed by atoms with van der Waals surface area (Å²) in [7, 11) is 0. The lowest BCUT2D eigenvalue weighted by Gasteiger charge is -1.92. The van der Waals surface area contributed by atoms with Gasteiger partial charge in [-0.1, -0.05) is 6.92 Å². The first-order chi connectivity index (χ1) is 7.61. The van der Waals surface area contributed by atoms with E-state index in [0.717, 1.165) is 17.2 Å². The number of thiazole rings is 1. The summed E-state index contributed by atoms with van der Waals surface area (Å²) in [5.74, 6) is 0.324. The van der Waals surface area contributed by atoms with Crippen molar-refractivity contribution in [3.63, 3.8) is 0 Å². The molecule has 84 valence electrons. The van der Waals surface area contributed by atoms with Gasteiger partial charge in [-0.2, -0.15) is 0 Å². The number of aryl methyl sites for hydroxylation is 2. The molecule has 4 nitrogen and oxygen atoms in total. The monoisotopic (exact) mass is 237 g/mol. The van der Waals surface area contributed by atoms with Crippen molar-refractivity contribution in [3.05, 3.63) is 28.6 Å². The summed E-state index contributed by atoms with van der Waals surface area (Å²) in [5, 5.41) is 9.85. The number of carbonyl (C=O) groups is 1. The second-order valence-electron chi connectivity index (χ2n) is 3.35. The molecule has 0 atom stereocenters. The molecule has 0 fully saturated rings. The first-order valence-corrected chi connectivity index (χ1v) is 5.73. The van der Waals surface area contributed by atoms with Crippen molar-refractivity contribution in [2.45, 2.75) is 20.3 Å². The van der Waals surface area contributed by atoms with Crippen LogP contribution < -0.4 is 0 Å². The van der Waals surface area contributed by atoms with Crippen LogP contribution in [0.1, 0.15) is 28.2 Å². The number of aromatic carboxylic acids is 1.